The van der Waals surface area contributed by atoms with Gasteiger partial charge in [-0.1, -0.05) is 0 Å². The second kappa shape index (κ2) is 12.3. The van der Waals surface area contributed by atoms with E-state index < -0.39 is 17.6 Å². The zero-order chi connectivity index (χ0) is 28.0. The number of hydrogen-bond donors (Lipinski definition) is 2. The molecule has 1 fully saturated rings. The number of ether oxygens (including phenoxy) is 2. The van der Waals surface area contributed by atoms with Gasteiger partial charge in [0.15, 0.2) is 0 Å². The third-order valence-electron chi connectivity index (χ3n) is 6.54. The molecular weight excluding hydrogens is 511 g/mol. The normalized spacial score (nSPS) is 15.8. The molecule has 1 unspecified atom stereocenters. The second-order valence-electron chi connectivity index (χ2n) is 9.60. The van der Waals surface area contributed by atoms with E-state index in [-0.39, 0.29) is 35.5 Å². The first kappa shape index (κ1) is 28.2. The Morgan fingerprint density at radius 1 is 1.15 bits per heavy atom. The van der Waals surface area contributed by atoms with Crippen molar-refractivity contribution in [2.45, 2.75) is 51.5 Å². The first-order valence-electron chi connectivity index (χ1n) is 12.7. The highest BCUT2D eigenvalue weighted by molar-refractivity contribution is 6.07. The fourth-order valence-corrected chi connectivity index (χ4v) is 4.61. The zero-order valence-corrected chi connectivity index (χ0v) is 22.1. The highest BCUT2D eigenvalue weighted by Gasteiger charge is 2.32. The van der Waals surface area contributed by atoms with Gasteiger partial charge in [0.2, 0.25) is 5.88 Å². The number of alkyl halides is 3. The summed E-state index contributed by atoms with van der Waals surface area (Å²) in [5.74, 6) is 0.168. The average molecular weight is 544 g/mol. The lowest BCUT2D eigenvalue weighted by Gasteiger charge is -2.28. The maximum absolute atomic E-state index is 13.7. The molecule has 1 aliphatic rings. The molecule has 4 rings (SSSR count). The highest BCUT2D eigenvalue weighted by Crippen LogP contribution is 2.35. The van der Waals surface area contributed by atoms with E-state index in [1.54, 1.807) is 30.5 Å². The van der Waals surface area contributed by atoms with Gasteiger partial charge in [-0.05, 0) is 69.1 Å². The molecule has 1 saturated heterocycles. The van der Waals surface area contributed by atoms with Crippen molar-refractivity contribution < 1.29 is 27.4 Å². The number of carbonyl (C=O) groups is 1. The molecule has 2 aromatic heterocycles. The van der Waals surface area contributed by atoms with Crippen LogP contribution in [0.4, 0.5) is 24.7 Å². The van der Waals surface area contributed by atoms with Crippen LogP contribution in [0.3, 0.4) is 0 Å². The fourth-order valence-electron chi connectivity index (χ4n) is 4.61. The van der Waals surface area contributed by atoms with E-state index in [9.17, 15) is 18.0 Å². The average Bonchev–Trinajstić information content (AvgIpc) is 3.39. The van der Waals surface area contributed by atoms with Crippen molar-refractivity contribution in [2.75, 3.05) is 30.9 Å². The van der Waals surface area contributed by atoms with Crippen molar-refractivity contribution in [1.82, 2.24) is 14.9 Å². The minimum atomic E-state index is -4.61. The summed E-state index contributed by atoms with van der Waals surface area (Å²) in [5, 5.41) is 5.68. The summed E-state index contributed by atoms with van der Waals surface area (Å²) < 4.78 is 52.0. The summed E-state index contributed by atoms with van der Waals surface area (Å²) in [7, 11) is 1.51. The van der Waals surface area contributed by atoms with E-state index >= 15 is 0 Å². The number of methoxy groups -OCH3 is 1. The van der Waals surface area contributed by atoms with Crippen molar-refractivity contribution in [2.24, 2.45) is 0 Å². The highest BCUT2D eigenvalue weighted by atomic mass is 19.4. The molecule has 39 heavy (non-hydrogen) atoms. The number of likely N-dealkylation sites (tertiary alicyclic amines) is 1. The SMILES string of the molecule is COc1cc(CNc2ncccc2C(=O)Nc2cc(OCC3CCCN3C(C)C)cc(C(F)(F)F)c2)ccn1. The Hall–Kier alpha value is -3.86. The van der Waals surface area contributed by atoms with Gasteiger partial charge in [0.05, 0.1) is 18.2 Å². The van der Waals surface area contributed by atoms with Crippen LogP contribution in [0.1, 0.15) is 48.2 Å². The molecule has 8 nitrogen and oxygen atoms in total. The topological polar surface area (TPSA) is 88.6 Å². The van der Waals surface area contributed by atoms with Crippen LogP contribution in [-0.4, -0.2) is 53.1 Å². The summed E-state index contributed by atoms with van der Waals surface area (Å²) in [6, 6.07) is 10.4. The van der Waals surface area contributed by atoms with Crippen LogP contribution in [-0.2, 0) is 12.7 Å². The van der Waals surface area contributed by atoms with Crippen LogP contribution >= 0.6 is 0 Å². The van der Waals surface area contributed by atoms with Gasteiger partial charge in [0, 0.05) is 48.8 Å². The number of nitrogens with zero attached hydrogens (tertiary/aromatic N) is 3. The minimum Gasteiger partial charge on any atom is -0.492 e. The molecule has 0 aliphatic carbocycles. The molecule has 0 saturated carbocycles. The molecule has 0 bridgehead atoms. The summed E-state index contributed by atoms with van der Waals surface area (Å²) in [6.45, 7) is 5.71. The number of benzene rings is 1. The smallest absolute Gasteiger partial charge is 0.416 e. The molecule has 0 spiro atoms. The summed E-state index contributed by atoms with van der Waals surface area (Å²) in [5.41, 5.74) is 0.0954. The van der Waals surface area contributed by atoms with Gasteiger partial charge in [0.25, 0.3) is 5.91 Å². The number of halogens is 3. The number of aromatic nitrogens is 2. The lowest BCUT2D eigenvalue weighted by atomic mass is 10.1. The van der Waals surface area contributed by atoms with Gasteiger partial charge >= 0.3 is 6.18 Å². The molecule has 1 amide bonds. The Labute approximate surface area is 225 Å². The van der Waals surface area contributed by atoms with Gasteiger partial charge in [-0.25, -0.2) is 9.97 Å². The van der Waals surface area contributed by atoms with E-state index in [0.717, 1.165) is 37.1 Å². The maximum Gasteiger partial charge on any atom is 0.416 e. The Bertz CT molecular complexity index is 1290. The number of rotatable bonds is 10. The van der Waals surface area contributed by atoms with Crippen molar-refractivity contribution >= 4 is 17.4 Å². The van der Waals surface area contributed by atoms with E-state index in [1.165, 1.54) is 19.4 Å². The number of nitrogens with one attached hydrogen (secondary N) is 2. The molecule has 1 atom stereocenters. The van der Waals surface area contributed by atoms with Gasteiger partial charge in [-0.3, -0.25) is 9.69 Å². The molecule has 3 heterocycles. The molecule has 11 heteroatoms. The molecule has 1 aliphatic heterocycles. The van der Waals surface area contributed by atoms with Crippen LogP contribution in [0, 0.1) is 0 Å². The third-order valence-corrected chi connectivity index (χ3v) is 6.54. The molecule has 0 radical (unpaired) electrons. The number of pyridine rings is 2. The second-order valence-corrected chi connectivity index (χ2v) is 9.60. The van der Waals surface area contributed by atoms with Gasteiger partial charge < -0.3 is 20.1 Å². The number of anilines is 2. The quantitative estimate of drug-likeness (QED) is 0.343. The van der Waals surface area contributed by atoms with E-state index in [1.807, 2.05) is 0 Å². The van der Waals surface area contributed by atoms with Crippen LogP contribution in [0.2, 0.25) is 0 Å². The van der Waals surface area contributed by atoms with E-state index in [4.69, 9.17) is 9.47 Å². The third kappa shape index (κ3) is 7.38. The molecular formula is C28H32F3N5O3. The van der Waals surface area contributed by atoms with Crippen LogP contribution in [0.15, 0.2) is 54.9 Å². The van der Waals surface area contributed by atoms with Crippen LogP contribution < -0.4 is 20.1 Å². The summed E-state index contributed by atoms with van der Waals surface area (Å²) in [4.78, 5) is 23.7. The van der Waals surface area contributed by atoms with Crippen molar-refractivity contribution in [3.05, 3.63) is 71.5 Å². The van der Waals surface area contributed by atoms with Crippen LogP contribution in [0.25, 0.3) is 0 Å². The van der Waals surface area contributed by atoms with E-state index in [0.29, 0.717) is 18.5 Å². The van der Waals surface area contributed by atoms with Gasteiger partial charge in [0.1, 0.15) is 18.2 Å². The Balaban J connectivity index is 1.50. The van der Waals surface area contributed by atoms with Crippen molar-refractivity contribution in [1.29, 1.82) is 0 Å². The first-order chi connectivity index (χ1) is 18.6. The largest absolute Gasteiger partial charge is 0.492 e. The standard InChI is InChI=1S/C28H32F3N5O3/c1-18(2)36-11-5-6-22(36)17-39-23-14-20(28(29,30)31)13-21(15-23)35-27(37)24-7-4-9-33-26(24)34-16-19-8-10-32-25(12-19)38-3/h4,7-10,12-15,18,22H,5-6,11,16-17H2,1-3H3,(H,33,34)(H,35,37). The molecule has 1 aromatic carbocycles. The first-order valence-corrected chi connectivity index (χ1v) is 12.7. The van der Waals surface area contributed by atoms with Gasteiger partial charge in [-0.15, -0.1) is 0 Å². The predicted molar refractivity (Wildman–Crippen MR) is 142 cm³/mol. The Kier molecular flexibility index (Phi) is 8.90. The maximum atomic E-state index is 13.7. The monoisotopic (exact) mass is 543 g/mol. The molecule has 2 N–H and O–H groups in total. The fraction of sp³-hybridized carbons (Fsp3) is 0.393. The zero-order valence-electron chi connectivity index (χ0n) is 22.1. The van der Waals surface area contributed by atoms with Gasteiger partial charge in [-0.2, -0.15) is 13.2 Å². The number of carbonyl (C=O) groups excluding carboxylic acids is 1. The van der Waals surface area contributed by atoms with Crippen molar-refractivity contribution in [3.63, 3.8) is 0 Å². The Morgan fingerprint density at radius 3 is 2.72 bits per heavy atom. The lowest BCUT2D eigenvalue weighted by Crippen LogP contribution is -2.39. The van der Waals surface area contributed by atoms with Crippen molar-refractivity contribution in [3.8, 4) is 11.6 Å². The lowest BCUT2D eigenvalue weighted by molar-refractivity contribution is -0.137. The van der Waals surface area contributed by atoms with E-state index in [2.05, 4.69) is 39.3 Å². The summed E-state index contributed by atoms with van der Waals surface area (Å²) in [6.07, 6.45) is 0.451. The molecule has 208 valence electrons. The van der Waals surface area contributed by atoms with Crippen LogP contribution in [0.5, 0.6) is 11.6 Å². The summed E-state index contributed by atoms with van der Waals surface area (Å²) >= 11 is 0. The predicted octanol–water partition coefficient (Wildman–Crippen LogP) is 5.62. The minimum absolute atomic E-state index is 0.0226. The Morgan fingerprint density at radius 2 is 1.97 bits per heavy atom. The number of amides is 1. The number of hydrogen-bond acceptors (Lipinski definition) is 7. The molecule has 3 aromatic rings.